The van der Waals surface area contributed by atoms with E-state index < -0.39 is 11.8 Å². The van der Waals surface area contributed by atoms with Crippen LogP contribution in [0.4, 0.5) is 20.0 Å². The van der Waals surface area contributed by atoms with Crippen molar-refractivity contribution in [1.82, 2.24) is 9.88 Å². The summed E-state index contributed by atoms with van der Waals surface area (Å²) in [7, 11) is 2.02. The summed E-state index contributed by atoms with van der Waals surface area (Å²) in [5.74, 6) is -0.441. The Morgan fingerprint density at radius 2 is 2.17 bits per heavy atom. The van der Waals surface area contributed by atoms with Crippen LogP contribution in [0.5, 0.6) is 0 Å². The molecule has 0 spiro atoms. The highest BCUT2D eigenvalue weighted by atomic mass is 32.1. The van der Waals surface area contributed by atoms with E-state index in [1.54, 1.807) is 12.1 Å². The maximum Gasteiger partial charge on any atom is 0.325 e. The molecule has 6 nitrogen and oxygen atoms in total. The molecule has 0 fully saturated rings. The lowest BCUT2D eigenvalue weighted by molar-refractivity contribution is 0.261. The van der Waals surface area contributed by atoms with Crippen LogP contribution in [0.3, 0.4) is 0 Å². The molecular formula is C16H22FN5OS. The van der Waals surface area contributed by atoms with Gasteiger partial charge in [0.05, 0.1) is 5.69 Å². The van der Waals surface area contributed by atoms with E-state index in [9.17, 15) is 9.18 Å². The third-order valence-corrected chi connectivity index (χ3v) is 4.40. The van der Waals surface area contributed by atoms with Gasteiger partial charge in [0.2, 0.25) is 0 Å². The predicted molar refractivity (Wildman–Crippen MR) is 95.6 cm³/mol. The van der Waals surface area contributed by atoms with E-state index in [1.165, 1.54) is 17.4 Å². The fraction of sp³-hybridized carbons (Fsp3) is 0.375. The van der Waals surface area contributed by atoms with Crippen molar-refractivity contribution in [3.8, 4) is 0 Å². The number of urea groups is 1. The number of benzene rings is 1. The molecule has 1 aromatic heterocycles. The first-order valence-corrected chi connectivity index (χ1v) is 8.48. The topological polar surface area (TPSA) is 83.3 Å². The van der Waals surface area contributed by atoms with Crippen LogP contribution in [0.15, 0.2) is 23.6 Å². The Labute approximate surface area is 144 Å². The lowest BCUT2D eigenvalue weighted by Gasteiger charge is -2.19. The number of thiazole rings is 1. The molecule has 4 N–H and O–H groups in total. The molecule has 2 rings (SSSR count). The minimum absolute atomic E-state index is 0.116. The van der Waals surface area contributed by atoms with E-state index >= 15 is 0 Å². The van der Waals surface area contributed by atoms with Crippen LogP contribution in [0.1, 0.15) is 25.1 Å². The van der Waals surface area contributed by atoms with Crippen molar-refractivity contribution in [3.63, 3.8) is 0 Å². The number of nitrogens with one attached hydrogen (secondary N) is 2. The van der Waals surface area contributed by atoms with E-state index in [0.29, 0.717) is 29.0 Å². The van der Waals surface area contributed by atoms with Crippen LogP contribution < -0.4 is 16.4 Å². The Bertz CT molecular complexity index is 704. The second-order valence-electron chi connectivity index (χ2n) is 5.74. The standard InChI is InChI=1S/C16H22FN5OS/c1-10(2)22(3)8-13-9-24-16(20-13)21-15(23)19-12-5-4-11(7-18)14(17)6-12/h4-6,9-10H,7-8,18H2,1-3H3,(H2,19,20,21,23). The first-order chi connectivity index (χ1) is 11.4. The summed E-state index contributed by atoms with van der Waals surface area (Å²) in [4.78, 5) is 18.5. The molecule has 0 aliphatic heterocycles. The summed E-state index contributed by atoms with van der Waals surface area (Å²) in [6.07, 6.45) is 0. The molecule has 1 heterocycles. The van der Waals surface area contributed by atoms with E-state index in [1.807, 2.05) is 12.4 Å². The normalized spacial score (nSPS) is 11.1. The minimum Gasteiger partial charge on any atom is -0.326 e. The summed E-state index contributed by atoms with van der Waals surface area (Å²) in [6.45, 7) is 5.04. The van der Waals surface area contributed by atoms with E-state index in [0.717, 1.165) is 5.69 Å². The Kier molecular flexibility index (Phi) is 6.24. The van der Waals surface area contributed by atoms with Crippen molar-refractivity contribution < 1.29 is 9.18 Å². The fourth-order valence-corrected chi connectivity index (χ4v) is 2.62. The van der Waals surface area contributed by atoms with Gasteiger partial charge >= 0.3 is 6.03 Å². The van der Waals surface area contributed by atoms with Gasteiger partial charge in [-0.2, -0.15) is 0 Å². The van der Waals surface area contributed by atoms with Gasteiger partial charge in [-0.15, -0.1) is 11.3 Å². The number of carbonyl (C=O) groups excluding carboxylic acids is 1. The monoisotopic (exact) mass is 351 g/mol. The SMILES string of the molecule is CC(C)N(C)Cc1csc(NC(=O)Nc2ccc(CN)c(F)c2)n1. The molecule has 0 saturated carbocycles. The predicted octanol–water partition coefficient (Wildman–Crippen LogP) is 3.23. The van der Waals surface area contributed by atoms with Crippen molar-refractivity contribution >= 4 is 28.2 Å². The molecule has 0 aliphatic rings. The molecule has 1 aromatic carbocycles. The first kappa shape index (κ1) is 18.3. The Morgan fingerprint density at radius 3 is 2.79 bits per heavy atom. The molecule has 8 heteroatoms. The van der Waals surface area contributed by atoms with Gasteiger partial charge in [0.25, 0.3) is 0 Å². The smallest absolute Gasteiger partial charge is 0.325 e. The number of carbonyl (C=O) groups is 1. The molecule has 0 radical (unpaired) electrons. The molecule has 0 saturated heterocycles. The minimum atomic E-state index is -0.465. The van der Waals surface area contributed by atoms with Crippen molar-refractivity contribution in [3.05, 3.63) is 40.7 Å². The van der Waals surface area contributed by atoms with Crippen molar-refractivity contribution in [2.24, 2.45) is 5.73 Å². The average Bonchev–Trinajstić information content (AvgIpc) is 2.94. The number of rotatable bonds is 6. The van der Waals surface area contributed by atoms with Gasteiger partial charge in [0, 0.05) is 35.8 Å². The molecule has 0 atom stereocenters. The molecular weight excluding hydrogens is 329 g/mol. The van der Waals surface area contributed by atoms with Gasteiger partial charge < -0.3 is 11.1 Å². The van der Waals surface area contributed by atoms with Gasteiger partial charge in [-0.05, 0) is 33.0 Å². The zero-order valence-electron chi connectivity index (χ0n) is 14.0. The van der Waals surface area contributed by atoms with E-state index in [4.69, 9.17) is 5.73 Å². The van der Waals surface area contributed by atoms with Crippen LogP contribution in [0.25, 0.3) is 0 Å². The van der Waals surface area contributed by atoms with Crippen LogP contribution in [-0.2, 0) is 13.1 Å². The molecule has 0 aliphatic carbocycles. The van der Waals surface area contributed by atoms with Crippen LogP contribution >= 0.6 is 11.3 Å². The molecule has 24 heavy (non-hydrogen) atoms. The Hall–Kier alpha value is -2.03. The second kappa shape index (κ2) is 8.18. The van der Waals surface area contributed by atoms with Gasteiger partial charge in [0.1, 0.15) is 5.82 Å². The molecule has 2 aromatic rings. The molecule has 0 unspecified atom stereocenters. The van der Waals surface area contributed by atoms with Crippen LogP contribution in [-0.4, -0.2) is 29.0 Å². The van der Waals surface area contributed by atoms with E-state index in [-0.39, 0.29) is 6.54 Å². The van der Waals surface area contributed by atoms with Crippen molar-refractivity contribution in [2.45, 2.75) is 33.0 Å². The summed E-state index contributed by atoms with van der Waals surface area (Å²) in [6, 6.07) is 4.35. The van der Waals surface area contributed by atoms with Crippen molar-refractivity contribution in [2.75, 3.05) is 17.7 Å². The van der Waals surface area contributed by atoms with Gasteiger partial charge in [0.15, 0.2) is 5.13 Å². The van der Waals surface area contributed by atoms with Crippen molar-refractivity contribution in [1.29, 1.82) is 0 Å². The third-order valence-electron chi connectivity index (χ3n) is 3.60. The number of halogens is 1. The maximum atomic E-state index is 13.7. The van der Waals surface area contributed by atoms with E-state index in [2.05, 4.69) is 34.4 Å². The highest BCUT2D eigenvalue weighted by Crippen LogP contribution is 2.18. The third kappa shape index (κ3) is 4.98. The number of hydrogen-bond acceptors (Lipinski definition) is 5. The van der Waals surface area contributed by atoms with Crippen LogP contribution in [0, 0.1) is 5.82 Å². The second-order valence-corrected chi connectivity index (χ2v) is 6.60. The summed E-state index contributed by atoms with van der Waals surface area (Å²) in [5, 5.41) is 7.63. The van der Waals surface area contributed by atoms with Gasteiger partial charge in [-0.1, -0.05) is 6.07 Å². The lowest BCUT2D eigenvalue weighted by Crippen LogP contribution is -2.25. The molecule has 2 amide bonds. The summed E-state index contributed by atoms with van der Waals surface area (Å²) in [5.41, 5.74) is 7.07. The zero-order valence-corrected chi connectivity index (χ0v) is 14.8. The Morgan fingerprint density at radius 1 is 1.42 bits per heavy atom. The molecule has 0 bridgehead atoms. The number of hydrogen-bond donors (Lipinski definition) is 3. The maximum absolute atomic E-state index is 13.7. The quantitative estimate of drug-likeness (QED) is 0.746. The largest absolute Gasteiger partial charge is 0.326 e. The highest BCUT2D eigenvalue weighted by molar-refractivity contribution is 7.13. The number of nitrogens with zero attached hydrogens (tertiary/aromatic N) is 2. The number of amides is 2. The highest BCUT2D eigenvalue weighted by Gasteiger charge is 2.11. The van der Waals surface area contributed by atoms with Crippen LogP contribution in [0.2, 0.25) is 0 Å². The Balaban J connectivity index is 1.93. The summed E-state index contributed by atoms with van der Waals surface area (Å²) < 4.78 is 13.7. The average molecular weight is 351 g/mol. The first-order valence-electron chi connectivity index (χ1n) is 7.60. The number of aromatic nitrogens is 1. The van der Waals surface area contributed by atoms with Gasteiger partial charge in [-0.3, -0.25) is 10.2 Å². The zero-order chi connectivity index (χ0) is 17.7. The fourth-order valence-electron chi connectivity index (χ4n) is 1.93. The number of nitrogens with two attached hydrogens (primary N) is 1. The lowest BCUT2D eigenvalue weighted by atomic mass is 10.2. The number of anilines is 2. The molecule has 130 valence electrons. The van der Waals surface area contributed by atoms with Gasteiger partial charge in [-0.25, -0.2) is 14.2 Å². The summed E-state index contributed by atoms with van der Waals surface area (Å²) >= 11 is 1.35.